The van der Waals surface area contributed by atoms with Crippen LogP contribution in [0.5, 0.6) is 0 Å². The highest BCUT2D eigenvalue weighted by Crippen LogP contribution is 2.41. The molecule has 0 amide bonds. The number of benzene rings is 7. The van der Waals surface area contributed by atoms with E-state index in [0.717, 1.165) is 105 Å². The maximum absolute atomic E-state index is 6.23. The number of rotatable bonds is 1. The first kappa shape index (κ1) is 26.1. The van der Waals surface area contributed by atoms with Crippen molar-refractivity contribution >= 4 is 98.9 Å². The minimum absolute atomic E-state index is 0.882. The summed E-state index contributed by atoms with van der Waals surface area (Å²) in [5.41, 5.74) is 13.0. The molecule has 0 N–H and O–H groups in total. The second-order valence-electron chi connectivity index (χ2n) is 13.0. The summed E-state index contributed by atoms with van der Waals surface area (Å²) in [5.74, 6) is 0. The van der Waals surface area contributed by atoms with Gasteiger partial charge in [0.15, 0.2) is 0 Å². The SMILES string of the molecule is c1ccc2c(c1)nc1c3ccccc3n3c4ccccc4nc3c3c4c5ccccc5n(-c5ccc6oc7ccccc7c6c5)c4ccc3n21. The lowest BCUT2D eigenvalue weighted by Crippen LogP contribution is -1.96. The molecule has 12 aromatic rings. The first-order chi connectivity index (χ1) is 24.8. The molecule has 0 aliphatic carbocycles. The number of hydrogen-bond donors (Lipinski definition) is 0. The van der Waals surface area contributed by atoms with Gasteiger partial charge in [0.25, 0.3) is 0 Å². The van der Waals surface area contributed by atoms with Crippen LogP contribution in [0, 0.1) is 0 Å². The van der Waals surface area contributed by atoms with Crippen molar-refractivity contribution in [1.82, 2.24) is 23.3 Å². The molecule has 5 aromatic heterocycles. The summed E-state index contributed by atoms with van der Waals surface area (Å²) in [6.45, 7) is 0. The van der Waals surface area contributed by atoms with Crippen LogP contribution in [-0.4, -0.2) is 23.3 Å². The fourth-order valence-electron chi connectivity index (χ4n) is 8.34. The van der Waals surface area contributed by atoms with Crippen LogP contribution in [0.2, 0.25) is 0 Å². The lowest BCUT2D eigenvalue weighted by molar-refractivity contribution is 0.669. The zero-order valence-corrected chi connectivity index (χ0v) is 26.6. The molecule has 0 radical (unpaired) electrons. The van der Waals surface area contributed by atoms with Gasteiger partial charge in [0.05, 0.1) is 49.5 Å². The fraction of sp³-hybridized carbons (Fsp3) is 0. The number of imidazole rings is 2. The van der Waals surface area contributed by atoms with E-state index >= 15 is 0 Å². The Morgan fingerprint density at radius 2 is 0.960 bits per heavy atom. The number of aromatic nitrogens is 5. The van der Waals surface area contributed by atoms with Gasteiger partial charge >= 0.3 is 0 Å². The van der Waals surface area contributed by atoms with E-state index in [1.165, 1.54) is 0 Å². The van der Waals surface area contributed by atoms with Crippen molar-refractivity contribution < 1.29 is 4.42 Å². The number of fused-ring (bicyclic) bond motifs is 19. The molecular formula is C44H25N5O. The molecule has 0 bridgehead atoms. The molecule has 0 unspecified atom stereocenters. The summed E-state index contributed by atoms with van der Waals surface area (Å²) in [4.78, 5) is 10.7. The third-order valence-corrected chi connectivity index (χ3v) is 10.4. The molecule has 6 nitrogen and oxygen atoms in total. The third-order valence-electron chi connectivity index (χ3n) is 10.4. The molecule has 50 heavy (non-hydrogen) atoms. The Balaban J connectivity index is 1.37. The molecule has 0 fully saturated rings. The second-order valence-corrected chi connectivity index (χ2v) is 13.0. The molecule has 0 aliphatic rings. The molecule has 7 aromatic carbocycles. The molecule has 0 aliphatic heterocycles. The zero-order valence-electron chi connectivity index (χ0n) is 26.6. The summed E-state index contributed by atoms with van der Waals surface area (Å²) in [6, 6.07) is 53.5. The van der Waals surface area contributed by atoms with Gasteiger partial charge in [-0.05, 0) is 78.9 Å². The molecule has 6 heteroatoms. The largest absolute Gasteiger partial charge is 0.456 e. The van der Waals surface area contributed by atoms with Crippen LogP contribution in [-0.2, 0) is 0 Å². The van der Waals surface area contributed by atoms with Crippen molar-refractivity contribution in [3.05, 3.63) is 152 Å². The van der Waals surface area contributed by atoms with Gasteiger partial charge in [-0.15, -0.1) is 0 Å². The Labute approximate surface area is 283 Å². The van der Waals surface area contributed by atoms with Gasteiger partial charge in [0.1, 0.15) is 22.5 Å². The van der Waals surface area contributed by atoms with E-state index in [-0.39, 0.29) is 0 Å². The Kier molecular flexibility index (Phi) is 4.89. The summed E-state index contributed by atoms with van der Waals surface area (Å²) in [5, 5.41) is 6.65. The van der Waals surface area contributed by atoms with E-state index in [4.69, 9.17) is 14.4 Å². The molecular weight excluding hydrogens is 615 g/mol. The highest BCUT2D eigenvalue weighted by Gasteiger charge is 2.21. The average molecular weight is 640 g/mol. The van der Waals surface area contributed by atoms with Crippen LogP contribution in [0.15, 0.2) is 156 Å². The fourth-order valence-corrected chi connectivity index (χ4v) is 8.34. The van der Waals surface area contributed by atoms with E-state index < -0.39 is 0 Å². The predicted molar refractivity (Wildman–Crippen MR) is 204 cm³/mol. The molecule has 0 saturated heterocycles. The van der Waals surface area contributed by atoms with Crippen LogP contribution in [0.4, 0.5) is 0 Å². The zero-order chi connectivity index (χ0) is 32.5. The summed E-state index contributed by atoms with van der Waals surface area (Å²) in [7, 11) is 0. The minimum atomic E-state index is 0.882. The van der Waals surface area contributed by atoms with Crippen LogP contribution >= 0.6 is 0 Å². The predicted octanol–water partition coefficient (Wildman–Crippen LogP) is 11.2. The van der Waals surface area contributed by atoms with E-state index in [2.05, 4.69) is 153 Å². The van der Waals surface area contributed by atoms with Gasteiger partial charge < -0.3 is 8.98 Å². The Hall–Kier alpha value is -6.92. The van der Waals surface area contributed by atoms with E-state index in [9.17, 15) is 0 Å². The Morgan fingerprint density at radius 3 is 1.76 bits per heavy atom. The monoisotopic (exact) mass is 639 g/mol. The first-order valence-electron chi connectivity index (χ1n) is 16.9. The van der Waals surface area contributed by atoms with Gasteiger partial charge in [-0.3, -0.25) is 8.80 Å². The third kappa shape index (κ3) is 3.27. The highest BCUT2D eigenvalue weighted by atomic mass is 16.3. The molecule has 0 atom stereocenters. The van der Waals surface area contributed by atoms with Gasteiger partial charge in [-0.2, -0.15) is 0 Å². The van der Waals surface area contributed by atoms with Crippen molar-refractivity contribution in [2.75, 3.05) is 0 Å². The van der Waals surface area contributed by atoms with Gasteiger partial charge in [-0.25, -0.2) is 9.97 Å². The number of hydrogen-bond acceptors (Lipinski definition) is 3. The standard InChI is InChI=1S/C44H25N5O/c1-6-16-33-28(12-1)41-37(47(33)26-21-24-40-30(25-26)27-11-3-10-20-39(27)50-40)22-23-38-42(41)44-46-32-15-5-8-18-35(32)48(44)34-17-7-2-13-29(34)43-45-31-14-4-9-19-36(31)49(38)43/h1-25H. The number of nitrogens with zero attached hydrogens (tertiary/aromatic N) is 5. The molecule has 0 saturated carbocycles. The van der Waals surface area contributed by atoms with Crippen LogP contribution < -0.4 is 0 Å². The minimum Gasteiger partial charge on any atom is -0.456 e. The maximum Gasteiger partial charge on any atom is 0.148 e. The van der Waals surface area contributed by atoms with Gasteiger partial charge in [-0.1, -0.05) is 72.8 Å². The summed E-state index contributed by atoms with van der Waals surface area (Å²) in [6.07, 6.45) is 0. The Morgan fingerprint density at radius 1 is 0.380 bits per heavy atom. The molecule has 0 spiro atoms. The summed E-state index contributed by atoms with van der Waals surface area (Å²) >= 11 is 0. The lowest BCUT2D eigenvalue weighted by atomic mass is 10.1. The number of para-hydroxylation sites is 7. The smallest absolute Gasteiger partial charge is 0.148 e. The van der Waals surface area contributed by atoms with Crippen molar-refractivity contribution in [3.8, 4) is 5.69 Å². The van der Waals surface area contributed by atoms with Crippen molar-refractivity contribution in [3.63, 3.8) is 0 Å². The van der Waals surface area contributed by atoms with E-state index in [1.54, 1.807) is 0 Å². The molecule has 12 rings (SSSR count). The quantitative estimate of drug-likeness (QED) is 0.180. The molecule has 232 valence electrons. The van der Waals surface area contributed by atoms with E-state index in [1.807, 2.05) is 12.1 Å². The number of furan rings is 1. The maximum atomic E-state index is 6.23. The van der Waals surface area contributed by atoms with Crippen molar-refractivity contribution in [2.24, 2.45) is 0 Å². The van der Waals surface area contributed by atoms with Gasteiger partial charge in [0.2, 0.25) is 0 Å². The van der Waals surface area contributed by atoms with Crippen LogP contribution in [0.25, 0.3) is 105 Å². The summed E-state index contributed by atoms with van der Waals surface area (Å²) < 4.78 is 13.3. The molecule has 5 heterocycles. The second kappa shape index (κ2) is 9.36. The van der Waals surface area contributed by atoms with Crippen LogP contribution in [0.3, 0.4) is 0 Å². The lowest BCUT2D eigenvalue weighted by Gasteiger charge is -2.11. The topological polar surface area (TPSA) is 52.7 Å². The first-order valence-corrected chi connectivity index (χ1v) is 16.9. The van der Waals surface area contributed by atoms with E-state index in [0.29, 0.717) is 0 Å². The highest BCUT2D eigenvalue weighted by molar-refractivity contribution is 6.25. The van der Waals surface area contributed by atoms with Crippen LogP contribution in [0.1, 0.15) is 0 Å². The van der Waals surface area contributed by atoms with Gasteiger partial charge in [0, 0.05) is 32.6 Å². The van der Waals surface area contributed by atoms with Crippen molar-refractivity contribution in [1.29, 1.82) is 0 Å². The Bertz CT molecular complexity index is 3440. The normalized spacial score (nSPS) is 12.4. The van der Waals surface area contributed by atoms with Crippen molar-refractivity contribution in [2.45, 2.75) is 0 Å². The average Bonchev–Trinajstić information content (AvgIpc) is 3.92.